The molecular formula is C14H9NO2. The highest BCUT2D eigenvalue weighted by Crippen LogP contribution is 2.27. The van der Waals surface area contributed by atoms with Gasteiger partial charge in [0.2, 0.25) is 0 Å². The quantitative estimate of drug-likeness (QED) is 0.796. The molecule has 0 heterocycles. The topological polar surface area (TPSA) is 61.1 Å². The van der Waals surface area contributed by atoms with Crippen molar-refractivity contribution in [1.82, 2.24) is 0 Å². The zero-order chi connectivity index (χ0) is 12.3. The molecule has 0 aliphatic heterocycles. The second-order valence-electron chi connectivity index (χ2n) is 3.59. The fourth-order valence-corrected chi connectivity index (χ4v) is 1.69. The Balaban J connectivity index is 2.64. The summed E-state index contributed by atoms with van der Waals surface area (Å²) in [6.45, 7) is 0. The van der Waals surface area contributed by atoms with Gasteiger partial charge in [-0.3, -0.25) is 4.79 Å². The summed E-state index contributed by atoms with van der Waals surface area (Å²) in [5, 5.41) is 18.3. The molecule has 0 atom stereocenters. The SMILES string of the molecule is N#Cc1cc(O)cc(-c2ccccc2C=O)c1. The van der Waals surface area contributed by atoms with Crippen molar-refractivity contribution in [3.63, 3.8) is 0 Å². The van der Waals surface area contributed by atoms with Crippen LogP contribution in [-0.4, -0.2) is 11.4 Å². The molecule has 0 spiro atoms. The summed E-state index contributed by atoms with van der Waals surface area (Å²) in [6.07, 6.45) is 0.755. The van der Waals surface area contributed by atoms with Crippen LogP contribution in [0.4, 0.5) is 0 Å². The molecule has 0 saturated carbocycles. The first kappa shape index (κ1) is 10.9. The van der Waals surface area contributed by atoms with E-state index in [0.29, 0.717) is 22.3 Å². The lowest BCUT2D eigenvalue weighted by atomic mass is 9.98. The standard InChI is InChI=1S/C14H9NO2/c15-8-10-5-12(7-13(17)6-10)14-4-2-1-3-11(14)9-16/h1-7,9,17H. The average Bonchev–Trinajstić information content (AvgIpc) is 2.37. The van der Waals surface area contributed by atoms with Gasteiger partial charge in [-0.15, -0.1) is 0 Å². The van der Waals surface area contributed by atoms with Crippen molar-refractivity contribution < 1.29 is 9.90 Å². The van der Waals surface area contributed by atoms with Crippen molar-refractivity contribution in [3.05, 3.63) is 53.6 Å². The molecule has 82 valence electrons. The number of rotatable bonds is 2. The number of hydrogen-bond acceptors (Lipinski definition) is 3. The molecule has 0 amide bonds. The van der Waals surface area contributed by atoms with Crippen LogP contribution < -0.4 is 0 Å². The predicted octanol–water partition coefficient (Wildman–Crippen LogP) is 2.74. The first-order valence-corrected chi connectivity index (χ1v) is 5.03. The maximum atomic E-state index is 10.9. The largest absolute Gasteiger partial charge is 0.508 e. The predicted molar refractivity (Wildman–Crippen MR) is 63.6 cm³/mol. The number of carbonyl (C=O) groups excluding carboxylic acids is 1. The number of nitriles is 1. The van der Waals surface area contributed by atoms with Gasteiger partial charge in [0.05, 0.1) is 11.6 Å². The third-order valence-electron chi connectivity index (χ3n) is 2.45. The van der Waals surface area contributed by atoms with Crippen LogP contribution in [0.15, 0.2) is 42.5 Å². The molecule has 17 heavy (non-hydrogen) atoms. The van der Waals surface area contributed by atoms with E-state index >= 15 is 0 Å². The van der Waals surface area contributed by atoms with Gasteiger partial charge in [0.25, 0.3) is 0 Å². The van der Waals surface area contributed by atoms with Gasteiger partial charge in [-0.05, 0) is 29.3 Å². The van der Waals surface area contributed by atoms with E-state index < -0.39 is 0 Å². The average molecular weight is 223 g/mol. The van der Waals surface area contributed by atoms with Crippen molar-refractivity contribution >= 4 is 6.29 Å². The van der Waals surface area contributed by atoms with Gasteiger partial charge in [0.1, 0.15) is 5.75 Å². The summed E-state index contributed by atoms with van der Waals surface area (Å²) in [7, 11) is 0. The van der Waals surface area contributed by atoms with Gasteiger partial charge in [0, 0.05) is 5.56 Å². The number of nitrogens with zero attached hydrogens (tertiary/aromatic N) is 1. The van der Waals surface area contributed by atoms with E-state index in [4.69, 9.17) is 5.26 Å². The zero-order valence-electron chi connectivity index (χ0n) is 8.92. The second kappa shape index (κ2) is 4.50. The summed E-state index contributed by atoms with van der Waals surface area (Å²) >= 11 is 0. The molecule has 0 fully saturated rings. The van der Waals surface area contributed by atoms with Gasteiger partial charge < -0.3 is 5.11 Å². The molecule has 0 aliphatic rings. The molecular weight excluding hydrogens is 214 g/mol. The lowest BCUT2D eigenvalue weighted by Gasteiger charge is -2.05. The van der Waals surface area contributed by atoms with E-state index in [1.165, 1.54) is 12.1 Å². The zero-order valence-corrected chi connectivity index (χ0v) is 8.92. The van der Waals surface area contributed by atoms with Gasteiger partial charge in [-0.2, -0.15) is 5.26 Å². The summed E-state index contributed by atoms with van der Waals surface area (Å²) in [6, 6.07) is 13.6. The van der Waals surface area contributed by atoms with Crippen LogP contribution in [0.3, 0.4) is 0 Å². The van der Waals surface area contributed by atoms with E-state index in [2.05, 4.69) is 0 Å². The van der Waals surface area contributed by atoms with Crippen molar-refractivity contribution in [2.45, 2.75) is 0 Å². The normalized spacial score (nSPS) is 9.59. The van der Waals surface area contributed by atoms with E-state index in [0.717, 1.165) is 6.29 Å². The van der Waals surface area contributed by atoms with Gasteiger partial charge in [-0.1, -0.05) is 24.3 Å². The first-order valence-electron chi connectivity index (χ1n) is 5.03. The molecule has 2 rings (SSSR count). The van der Waals surface area contributed by atoms with Crippen molar-refractivity contribution in [3.8, 4) is 22.9 Å². The number of aromatic hydroxyl groups is 1. The number of carbonyl (C=O) groups is 1. The Hall–Kier alpha value is -2.60. The third kappa shape index (κ3) is 2.16. The number of phenolic OH excluding ortho intramolecular Hbond substituents is 1. The first-order chi connectivity index (χ1) is 8.24. The Labute approximate surface area is 98.6 Å². The molecule has 2 aromatic rings. The van der Waals surface area contributed by atoms with Crippen LogP contribution in [-0.2, 0) is 0 Å². The van der Waals surface area contributed by atoms with Crippen LogP contribution in [0.25, 0.3) is 11.1 Å². The minimum atomic E-state index is 0.0137. The highest BCUT2D eigenvalue weighted by molar-refractivity contribution is 5.88. The molecule has 1 N–H and O–H groups in total. The molecule has 0 unspecified atom stereocenters. The molecule has 3 nitrogen and oxygen atoms in total. The monoisotopic (exact) mass is 223 g/mol. The molecule has 2 aromatic carbocycles. The Morgan fingerprint density at radius 3 is 2.65 bits per heavy atom. The highest BCUT2D eigenvalue weighted by atomic mass is 16.3. The third-order valence-corrected chi connectivity index (χ3v) is 2.45. The van der Waals surface area contributed by atoms with Crippen molar-refractivity contribution in [1.29, 1.82) is 5.26 Å². The van der Waals surface area contributed by atoms with E-state index in [1.807, 2.05) is 6.07 Å². The maximum absolute atomic E-state index is 10.9. The molecule has 0 saturated heterocycles. The van der Waals surface area contributed by atoms with Gasteiger partial charge in [0.15, 0.2) is 6.29 Å². The summed E-state index contributed by atoms with van der Waals surface area (Å²) in [4.78, 5) is 10.9. The summed E-state index contributed by atoms with van der Waals surface area (Å²) < 4.78 is 0. The van der Waals surface area contributed by atoms with Crippen LogP contribution in [0, 0.1) is 11.3 Å². The van der Waals surface area contributed by atoms with Gasteiger partial charge >= 0.3 is 0 Å². The van der Waals surface area contributed by atoms with Crippen LogP contribution >= 0.6 is 0 Å². The molecule has 3 heteroatoms. The van der Waals surface area contributed by atoms with Crippen LogP contribution in [0.2, 0.25) is 0 Å². The van der Waals surface area contributed by atoms with E-state index in [-0.39, 0.29) is 5.75 Å². The molecule has 0 radical (unpaired) electrons. The number of benzene rings is 2. The molecule has 0 aliphatic carbocycles. The minimum Gasteiger partial charge on any atom is -0.508 e. The van der Waals surface area contributed by atoms with Gasteiger partial charge in [-0.25, -0.2) is 0 Å². The Bertz CT molecular complexity index is 612. The van der Waals surface area contributed by atoms with E-state index in [1.54, 1.807) is 30.3 Å². The Kier molecular flexibility index (Phi) is 2.89. The number of hydrogen-bond donors (Lipinski definition) is 1. The Morgan fingerprint density at radius 2 is 1.94 bits per heavy atom. The summed E-state index contributed by atoms with van der Waals surface area (Å²) in [5.74, 6) is 0.0137. The van der Waals surface area contributed by atoms with Crippen LogP contribution in [0.1, 0.15) is 15.9 Å². The number of aldehydes is 1. The van der Waals surface area contributed by atoms with Crippen molar-refractivity contribution in [2.75, 3.05) is 0 Å². The fourth-order valence-electron chi connectivity index (χ4n) is 1.69. The lowest BCUT2D eigenvalue weighted by Crippen LogP contribution is -1.87. The number of phenols is 1. The van der Waals surface area contributed by atoms with Crippen molar-refractivity contribution in [2.24, 2.45) is 0 Å². The van der Waals surface area contributed by atoms with Crippen LogP contribution in [0.5, 0.6) is 5.75 Å². The highest BCUT2D eigenvalue weighted by Gasteiger charge is 2.06. The molecule has 0 aromatic heterocycles. The second-order valence-corrected chi connectivity index (χ2v) is 3.59. The smallest absolute Gasteiger partial charge is 0.150 e. The minimum absolute atomic E-state index is 0.0137. The fraction of sp³-hybridized carbons (Fsp3) is 0. The summed E-state index contributed by atoms with van der Waals surface area (Å²) in [5.41, 5.74) is 2.25. The van der Waals surface area contributed by atoms with E-state index in [9.17, 15) is 9.90 Å². The Morgan fingerprint density at radius 1 is 1.18 bits per heavy atom. The maximum Gasteiger partial charge on any atom is 0.150 e. The lowest BCUT2D eigenvalue weighted by molar-refractivity contribution is 0.112. The molecule has 0 bridgehead atoms.